The van der Waals surface area contributed by atoms with Gasteiger partial charge >= 0.3 is 0 Å². The van der Waals surface area contributed by atoms with Crippen LogP contribution in [0.3, 0.4) is 0 Å². The third-order valence-electron chi connectivity index (χ3n) is 2.88. The Balaban J connectivity index is 2.20. The van der Waals surface area contributed by atoms with Crippen molar-refractivity contribution in [2.45, 2.75) is 13.0 Å². The van der Waals surface area contributed by atoms with Crippen molar-refractivity contribution in [2.24, 2.45) is 0 Å². The molecule has 1 amide bonds. The summed E-state index contributed by atoms with van der Waals surface area (Å²) in [6.07, 6.45) is 1.30. The van der Waals surface area contributed by atoms with Crippen molar-refractivity contribution in [1.29, 1.82) is 0 Å². The summed E-state index contributed by atoms with van der Waals surface area (Å²) in [6, 6.07) is 7.03. The number of carbonyl (C=O) groups excluding carboxylic acids is 1. The smallest absolute Gasteiger partial charge is 0.257 e. The van der Waals surface area contributed by atoms with Crippen LogP contribution in [-0.2, 0) is 0 Å². The molecule has 1 atom stereocenters. The van der Waals surface area contributed by atoms with Crippen molar-refractivity contribution in [1.82, 2.24) is 10.3 Å². The minimum absolute atomic E-state index is 0.0645. The Morgan fingerprint density at radius 1 is 1.33 bits per heavy atom. The number of hydrogen-bond acceptors (Lipinski definition) is 5. The lowest BCUT2D eigenvalue weighted by Crippen LogP contribution is -2.29. The van der Waals surface area contributed by atoms with E-state index in [2.05, 4.69) is 15.7 Å². The molecule has 0 saturated carbocycles. The largest absolute Gasteiger partial charge is 0.508 e. The zero-order chi connectivity index (χ0) is 15.4. The van der Waals surface area contributed by atoms with E-state index in [1.807, 2.05) is 0 Å². The number of amides is 1. The normalized spacial score (nSPS) is 11.7. The third-order valence-corrected chi connectivity index (χ3v) is 3.12. The topological polar surface area (TPSA) is 82.5 Å². The van der Waals surface area contributed by atoms with Gasteiger partial charge < -0.3 is 15.5 Å². The first-order valence-corrected chi connectivity index (χ1v) is 6.55. The molecular weight excluding hydrogens is 288 g/mol. The van der Waals surface area contributed by atoms with Crippen molar-refractivity contribution in [3.63, 3.8) is 0 Å². The number of nitrogens with zero attached hydrogens (tertiary/aromatic N) is 1. The number of phenolic OH excluding ortho intramolecular Hbond substituents is 1. The second-order valence-corrected chi connectivity index (χ2v) is 4.69. The van der Waals surface area contributed by atoms with E-state index in [9.17, 15) is 15.0 Å². The fraction of sp³-hybridized carbons (Fsp3) is 0.133. The summed E-state index contributed by atoms with van der Waals surface area (Å²) in [5.74, 6) is -0.530. The van der Waals surface area contributed by atoms with Gasteiger partial charge in [0.05, 0.1) is 17.0 Å². The highest BCUT2D eigenvalue weighted by atomic mass is 32.1. The van der Waals surface area contributed by atoms with Crippen LogP contribution >= 0.6 is 12.2 Å². The summed E-state index contributed by atoms with van der Waals surface area (Å²) >= 11 is 4.80. The Kier molecular flexibility index (Phi) is 4.49. The predicted octanol–water partition coefficient (Wildman–Crippen LogP) is 2.15. The molecule has 5 nitrogen and oxygen atoms in total. The maximum absolute atomic E-state index is 12.1. The Bertz CT molecular complexity index is 671. The Morgan fingerprint density at radius 3 is 2.57 bits per heavy atom. The monoisotopic (exact) mass is 301 g/mol. The lowest BCUT2D eigenvalue weighted by Gasteiger charge is -2.14. The van der Waals surface area contributed by atoms with Gasteiger partial charge in [0, 0.05) is 18.0 Å². The highest BCUT2D eigenvalue weighted by molar-refractivity contribution is 7.79. The zero-order valence-electron chi connectivity index (χ0n) is 11.2. The maximum atomic E-state index is 12.1. The summed E-state index contributed by atoms with van der Waals surface area (Å²) in [4.78, 5) is 16.1. The molecule has 1 heterocycles. The van der Waals surface area contributed by atoms with Crippen molar-refractivity contribution < 1.29 is 15.0 Å². The summed E-state index contributed by atoms with van der Waals surface area (Å²) in [5, 5.41) is 24.2. The molecule has 0 spiro atoms. The van der Waals surface area contributed by atoms with Crippen molar-refractivity contribution >= 4 is 23.5 Å². The van der Waals surface area contributed by atoms with Crippen molar-refractivity contribution in [3.05, 3.63) is 53.3 Å². The number of carbonyl (C=O) groups is 1. The number of pyridine rings is 1. The SMILES string of the molecule is Cc1cc(O)c(C(=O)NC([C]=S)c2ccc(O)cc2)cn1. The van der Waals surface area contributed by atoms with Gasteiger partial charge in [0.25, 0.3) is 5.91 Å². The lowest BCUT2D eigenvalue weighted by molar-refractivity contribution is 0.0944. The van der Waals surface area contributed by atoms with Gasteiger partial charge in [-0.15, -0.1) is 0 Å². The van der Waals surface area contributed by atoms with E-state index in [0.717, 1.165) is 0 Å². The summed E-state index contributed by atoms with van der Waals surface area (Å²) in [5.41, 5.74) is 1.35. The molecule has 1 aromatic carbocycles. The van der Waals surface area contributed by atoms with E-state index < -0.39 is 11.9 Å². The molecule has 0 aliphatic carbocycles. The number of phenols is 1. The zero-order valence-corrected chi connectivity index (χ0v) is 12.0. The van der Waals surface area contributed by atoms with E-state index >= 15 is 0 Å². The van der Waals surface area contributed by atoms with Crippen LogP contribution in [0.1, 0.15) is 27.7 Å². The molecule has 2 aromatic rings. The molecule has 0 aliphatic heterocycles. The lowest BCUT2D eigenvalue weighted by atomic mass is 10.1. The predicted molar refractivity (Wildman–Crippen MR) is 81.6 cm³/mol. The van der Waals surface area contributed by atoms with E-state index in [-0.39, 0.29) is 17.1 Å². The first-order valence-electron chi connectivity index (χ1n) is 6.14. The minimum Gasteiger partial charge on any atom is -0.508 e. The van der Waals surface area contributed by atoms with Crippen molar-refractivity contribution in [2.75, 3.05) is 0 Å². The van der Waals surface area contributed by atoms with Crippen LogP contribution in [0.25, 0.3) is 0 Å². The van der Waals surface area contributed by atoms with Crippen LogP contribution in [0.15, 0.2) is 36.5 Å². The molecule has 21 heavy (non-hydrogen) atoms. The first kappa shape index (κ1) is 14.9. The third kappa shape index (κ3) is 3.55. The fourth-order valence-corrected chi connectivity index (χ4v) is 1.97. The van der Waals surface area contributed by atoms with Gasteiger partial charge in [0.2, 0.25) is 0 Å². The summed E-state index contributed by atoms with van der Waals surface area (Å²) in [7, 11) is 0. The number of nitrogens with one attached hydrogen (secondary N) is 1. The van der Waals surface area contributed by atoms with E-state index in [1.54, 1.807) is 19.1 Å². The quantitative estimate of drug-likeness (QED) is 0.754. The van der Waals surface area contributed by atoms with Crippen LogP contribution < -0.4 is 5.32 Å². The molecule has 1 unspecified atom stereocenters. The molecule has 0 fully saturated rings. The van der Waals surface area contributed by atoms with Gasteiger partial charge in [-0.05, 0) is 24.6 Å². The van der Waals surface area contributed by atoms with Crippen LogP contribution in [0, 0.1) is 6.92 Å². The molecule has 107 valence electrons. The average Bonchev–Trinajstić information content (AvgIpc) is 2.45. The number of aromatic nitrogens is 1. The van der Waals surface area contributed by atoms with E-state index in [1.165, 1.54) is 24.4 Å². The van der Waals surface area contributed by atoms with Gasteiger partial charge in [-0.2, -0.15) is 0 Å². The number of hydrogen-bond donors (Lipinski definition) is 3. The van der Waals surface area contributed by atoms with Crippen molar-refractivity contribution in [3.8, 4) is 11.5 Å². The molecule has 3 N–H and O–H groups in total. The van der Waals surface area contributed by atoms with Crippen LogP contribution in [0.2, 0.25) is 0 Å². The van der Waals surface area contributed by atoms with Crippen LogP contribution in [-0.4, -0.2) is 26.5 Å². The number of rotatable bonds is 4. The number of aryl methyl sites for hydroxylation is 1. The van der Waals surface area contributed by atoms with Gasteiger partial charge in [0.1, 0.15) is 11.5 Å². The molecule has 0 bridgehead atoms. The number of thiocarbonyl (C=S) groups is 1. The molecule has 0 saturated heterocycles. The standard InChI is InChI=1S/C15H13N2O3S/c1-9-6-14(19)12(7-16-9)15(20)17-13(8-21)10-2-4-11(18)5-3-10/h2-7,13,18H,1H3,(H,16,19)(H,17,20). The molecular formula is C15H13N2O3S. The Hall–Kier alpha value is -2.47. The van der Waals surface area contributed by atoms with Gasteiger partial charge in [-0.25, -0.2) is 0 Å². The Morgan fingerprint density at radius 2 is 2.00 bits per heavy atom. The van der Waals surface area contributed by atoms with Gasteiger partial charge in [0.15, 0.2) is 0 Å². The molecule has 0 aliphatic rings. The van der Waals surface area contributed by atoms with Gasteiger partial charge in [-0.1, -0.05) is 24.4 Å². The highest BCUT2D eigenvalue weighted by Gasteiger charge is 2.17. The number of benzene rings is 1. The Labute approximate surface area is 127 Å². The first-order chi connectivity index (χ1) is 10.0. The number of aromatic hydroxyl groups is 2. The maximum Gasteiger partial charge on any atom is 0.257 e. The molecule has 6 heteroatoms. The van der Waals surface area contributed by atoms with Crippen LogP contribution in [0.4, 0.5) is 0 Å². The minimum atomic E-state index is -0.631. The second-order valence-electron chi connectivity index (χ2n) is 4.46. The van der Waals surface area contributed by atoms with E-state index in [4.69, 9.17) is 12.2 Å². The summed E-state index contributed by atoms with van der Waals surface area (Å²) < 4.78 is 0. The van der Waals surface area contributed by atoms with E-state index in [0.29, 0.717) is 11.3 Å². The summed E-state index contributed by atoms with van der Waals surface area (Å²) in [6.45, 7) is 1.71. The fourth-order valence-electron chi connectivity index (χ4n) is 1.78. The highest BCUT2D eigenvalue weighted by Crippen LogP contribution is 2.19. The average molecular weight is 301 g/mol. The van der Waals surface area contributed by atoms with Gasteiger partial charge in [-0.3, -0.25) is 9.78 Å². The molecule has 1 radical (unpaired) electrons. The molecule has 1 aromatic heterocycles. The second kappa shape index (κ2) is 6.32. The van der Waals surface area contributed by atoms with Crippen LogP contribution in [0.5, 0.6) is 11.5 Å². The molecule has 2 rings (SSSR count).